The van der Waals surface area contributed by atoms with Crippen molar-refractivity contribution in [2.24, 2.45) is 9.98 Å². The van der Waals surface area contributed by atoms with Crippen molar-refractivity contribution in [3.8, 4) is 0 Å². The molecule has 0 aromatic rings. The van der Waals surface area contributed by atoms with Gasteiger partial charge in [-0.3, -0.25) is 4.99 Å². The Morgan fingerprint density at radius 1 is 1.25 bits per heavy atom. The van der Waals surface area contributed by atoms with Crippen LogP contribution in [-0.4, -0.2) is 43.9 Å². The summed E-state index contributed by atoms with van der Waals surface area (Å²) in [6.07, 6.45) is 9.68. The normalized spacial score (nSPS) is 19.3. The minimum absolute atomic E-state index is 0.0371. The second-order valence-corrected chi connectivity index (χ2v) is 5.32. The van der Waals surface area contributed by atoms with E-state index in [1.54, 1.807) is 0 Å². The maximum atomic E-state index is 11.7. The number of aliphatic imine (C=N–C) groups is 2. The van der Waals surface area contributed by atoms with E-state index in [9.17, 15) is 4.79 Å². The molecule has 2 rings (SSSR count). The SMILES string of the molecule is O=C(NCCCNC1=NCCC=N1)NC1CCCCC1. The number of guanidine groups is 1. The van der Waals surface area contributed by atoms with Gasteiger partial charge in [-0.1, -0.05) is 19.3 Å². The van der Waals surface area contributed by atoms with Gasteiger partial charge in [-0.15, -0.1) is 0 Å². The van der Waals surface area contributed by atoms with E-state index in [2.05, 4.69) is 25.9 Å². The van der Waals surface area contributed by atoms with Crippen LogP contribution in [0, 0.1) is 0 Å². The number of hydrogen-bond acceptors (Lipinski definition) is 4. The van der Waals surface area contributed by atoms with Crippen molar-refractivity contribution in [3.05, 3.63) is 0 Å². The van der Waals surface area contributed by atoms with E-state index < -0.39 is 0 Å². The molecule has 1 aliphatic heterocycles. The Labute approximate surface area is 120 Å². The molecule has 0 spiro atoms. The molecule has 1 heterocycles. The molecular formula is C14H25N5O. The van der Waals surface area contributed by atoms with Crippen LogP contribution in [-0.2, 0) is 0 Å². The van der Waals surface area contributed by atoms with Crippen LogP contribution in [0.5, 0.6) is 0 Å². The Hall–Kier alpha value is -1.59. The van der Waals surface area contributed by atoms with Gasteiger partial charge in [0.1, 0.15) is 0 Å². The third-order valence-corrected chi connectivity index (χ3v) is 3.60. The number of carbonyl (C=O) groups excluding carboxylic acids is 1. The van der Waals surface area contributed by atoms with Gasteiger partial charge in [0.2, 0.25) is 5.96 Å². The number of hydrogen-bond donors (Lipinski definition) is 3. The van der Waals surface area contributed by atoms with Crippen LogP contribution >= 0.6 is 0 Å². The van der Waals surface area contributed by atoms with E-state index in [0.29, 0.717) is 18.5 Å². The molecule has 2 amide bonds. The van der Waals surface area contributed by atoms with Crippen LogP contribution < -0.4 is 16.0 Å². The number of amides is 2. The van der Waals surface area contributed by atoms with Gasteiger partial charge in [-0.2, -0.15) is 0 Å². The van der Waals surface area contributed by atoms with Crippen molar-refractivity contribution in [3.63, 3.8) is 0 Å². The van der Waals surface area contributed by atoms with Gasteiger partial charge in [0, 0.05) is 38.3 Å². The lowest BCUT2D eigenvalue weighted by Gasteiger charge is -2.22. The molecule has 0 aromatic heterocycles. The summed E-state index contributed by atoms with van der Waals surface area (Å²) < 4.78 is 0. The maximum absolute atomic E-state index is 11.7. The molecule has 112 valence electrons. The molecule has 1 fully saturated rings. The molecule has 0 radical (unpaired) electrons. The van der Waals surface area contributed by atoms with Gasteiger partial charge in [0.25, 0.3) is 0 Å². The summed E-state index contributed by atoms with van der Waals surface area (Å²) in [5.74, 6) is 0.711. The molecule has 0 aromatic carbocycles. The molecule has 0 atom stereocenters. The topological polar surface area (TPSA) is 77.9 Å². The largest absolute Gasteiger partial charge is 0.354 e. The summed E-state index contributed by atoms with van der Waals surface area (Å²) in [6.45, 7) is 2.26. The Morgan fingerprint density at radius 2 is 2.10 bits per heavy atom. The van der Waals surface area contributed by atoms with Crippen LogP contribution in [0.3, 0.4) is 0 Å². The first-order valence-corrected chi connectivity index (χ1v) is 7.70. The molecule has 0 bridgehead atoms. The fourth-order valence-electron chi connectivity index (χ4n) is 2.50. The van der Waals surface area contributed by atoms with Crippen molar-refractivity contribution in [2.45, 2.75) is 51.0 Å². The van der Waals surface area contributed by atoms with Crippen LogP contribution in [0.25, 0.3) is 0 Å². The first kappa shape index (κ1) is 14.8. The molecule has 6 nitrogen and oxygen atoms in total. The third kappa shape index (κ3) is 5.59. The van der Waals surface area contributed by atoms with E-state index in [0.717, 1.165) is 38.8 Å². The molecule has 20 heavy (non-hydrogen) atoms. The molecule has 3 N–H and O–H groups in total. The van der Waals surface area contributed by atoms with E-state index in [1.165, 1.54) is 19.3 Å². The summed E-state index contributed by atoms with van der Waals surface area (Å²) in [7, 11) is 0. The second kappa shape index (κ2) is 8.55. The molecule has 1 saturated carbocycles. The average molecular weight is 279 g/mol. The highest BCUT2D eigenvalue weighted by molar-refractivity contribution is 5.89. The van der Waals surface area contributed by atoms with Gasteiger partial charge < -0.3 is 16.0 Å². The van der Waals surface area contributed by atoms with Crippen molar-refractivity contribution in [1.82, 2.24) is 16.0 Å². The molecule has 6 heteroatoms. The summed E-state index contributed by atoms with van der Waals surface area (Å²) in [4.78, 5) is 20.1. The van der Waals surface area contributed by atoms with Gasteiger partial charge in [-0.05, 0) is 19.3 Å². The highest BCUT2D eigenvalue weighted by Gasteiger charge is 2.14. The van der Waals surface area contributed by atoms with Crippen molar-refractivity contribution >= 4 is 18.2 Å². The van der Waals surface area contributed by atoms with Crippen LogP contribution in [0.4, 0.5) is 4.79 Å². The number of urea groups is 1. The maximum Gasteiger partial charge on any atom is 0.315 e. The second-order valence-electron chi connectivity index (χ2n) is 5.32. The van der Waals surface area contributed by atoms with Gasteiger partial charge >= 0.3 is 6.03 Å². The molecular weight excluding hydrogens is 254 g/mol. The van der Waals surface area contributed by atoms with Crippen molar-refractivity contribution in [2.75, 3.05) is 19.6 Å². The van der Waals surface area contributed by atoms with E-state index in [-0.39, 0.29) is 6.03 Å². The van der Waals surface area contributed by atoms with Crippen LogP contribution in [0.1, 0.15) is 44.9 Å². The minimum atomic E-state index is -0.0371. The van der Waals surface area contributed by atoms with Crippen molar-refractivity contribution < 1.29 is 4.79 Å². The van der Waals surface area contributed by atoms with E-state index in [1.807, 2.05) is 6.21 Å². The zero-order chi connectivity index (χ0) is 14.0. The van der Waals surface area contributed by atoms with Gasteiger partial charge in [-0.25, -0.2) is 9.79 Å². The lowest BCUT2D eigenvalue weighted by atomic mass is 9.96. The highest BCUT2D eigenvalue weighted by atomic mass is 16.2. The Morgan fingerprint density at radius 3 is 2.85 bits per heavy atom. The number of nitrogens with zero attached hydrogens (tertiary/aromatic N) is 2. The predicted octanol–water partition coefficient (Wildman–Crippen LogP) is 1.43. The zero-order valence-electron chi connectivity index (χ0n) is 12.0. The first-order chi connectivity index (χ1) is 9.84. The van der Waals surface area contributed by atoms with Crippen LogP contribution in [0.2, 0.25) is 0 Å². The summed E-state index contributed by atoms with van der Waals surface area (Å²) in [6, 6.07) is 0.331. The summed E-state index contributed by atoms with van der Waals surface area (Å²) >= 11 is 0. The van der Waals surface area contributed by atoms with Gasteiger partial charge in [0.15, 0.2) is 0 Å². The number of rotatable bonds is 5. The lowest BCUT2D eigenvalue weighted by Crippen LogP contribution is -2.43. The van der Waals surface area contributed by atoms with E-state index >= 15 is 0 Å². The molecule has 0 saturated heterocycles. The standard InChI is InChI=1S/C14H25N5O/c20-14(19-12-6-2-1-3-7-12)18-11-5-10-17-13-15-8-4-9-16-13/h8,12H,1-7,9-11H2,(H,16,17)(H2,18,19,20). The Kier molecular flexibility index (Phi) is 6.34. The Bertz CT molecular complexity index is 361. The monoisotopic (exact) mass is 279 g/mol. The zero-order valence-corrected chi connectivity index (χ0v) is 12.0. The fraction of sp³-hybridized carbons (Fsp3) is 0.786. The smallest absolute Gasteiger partial charge is 0.315 e. The average Bonchev–Trinajstić information content (AvgIpc) is 2.49. The number of carbonyl (C=O) groups is 1. The number of nitrogens with one attached hydrogen (secondary N) is 3. The minimum Gasteiger partial charge on any atom is -0.354 e. The molecule has 2 aliphatic rings. The first-order valence-electron chi connectivity index (χ1n) is 7.70. The molecule has 1 aliphatic carbocycles. The predicted molar refractivity (Wildman–Crippen MR) is 81.4 cm³/mol. The lowest BCUT2D eigenvalue weighted by molar-refractivity contribution is 0.232. The third-order valence-electron chi connectivity index (χ3n) is 3.60. The Balaban J connectivity index is 1.48. The molecule has 0 unspecified atom stereocenters. The van der Waals surface area contributed by atoms with E-state index in [4.69, 9.17) is 0 Å². The quantitative estimate of drug-likeness (QED) is 0.666. The van der Waals surface area contributed by atoms with Crippen LogP contribution in [0.15, 0.2) is 9.98 Å². The van der Waals surface area contributed by atoms with Crippen molar-refractivity contribution in [1.29, 1.82) is 0 Å². The van der Waals surface area contributed by atoms with Gasteiger partial charge in [0.05, 0.1) is 0 Å². The summed E-state index contributed by atoms with van der Waals surface area (Å²) in [5, 5.41) is 9.10. The highest BCUT2D eigenvalue weighted by Crippen LogP contribution is 2.16. The fourth-order valence-corrected chi connectivity index (χ4v) is 2.50. The summed E-state index contributed by atoms with van der Waals surface area (Å²) in [5.41, 5.74) is 0.